The Hall–Kier alpha value is -0.770. The van der Waals surface area contributed by atoms with Gasteiger partial charge < -0.3 is 20.7 Å². The van der Waals surface area contributed by atoms with E-state index < -0.39 is 5.60 Å². The summed E-state index contributed by atoms with van der Waals surface area (Å²) in [5.41, 5.74) is -0.462. The maximum absolute atomic E-state index is 11.6. The lowest BCUT2D eigenvalue weighted by Crippen LogP contribution is -2.47. The van der Waals surface area contributed by atoms with Gasteiger partial charge in [-0.25, -0.2) is 4.79 Å². The maximum atomic E-state index is 11.6. The SMILES string of the molecule is CN=C(NCCCNC(=O)OC(C)(C)C)NC1CN(C(C)C)CC1C.I. The minimum Gasteiger partial charge on any atom is -0.444 e. The summed E-state index contributed by atoms with van der Waals surface area (Å²) in [5, 5.41) is 9.59. The van der Waals surface area contributed by atoms with Crippen LogP contribution in [0, 0.1) is 5.92 Å². The van der Waals surface area contributed by atoms with Gasteiger partial charge in [-0.1, -0.05) is 6.92 Å². The summed E-state index contributed by atoms with van der Waals surface area (Å²) >= 11 is 0. The largest absolute Gasteiger partial charge is 0.444 e. The summed E-state index contributed by atoms with van der Waals surface area (Å²) in [5.74, 6) is 1.41. The molecule has 2 unspecified atom stereocenters. The minimum absolute atomic E-state index is 0. The molecule has 0 radical (unpaired) electrons. The Kier molecular flexibility index (Phi) is 11.5. The van der Waals surface area contributed by atoms with Crippen molar-refractivity contribution in [2.75, 3.05) is 33.2 Å². The first-order valence-electron chi connectivity index (χ1n) is 9.30. The lowest BCUT2D eigenvalue weighted by atomic mass is 10.1. The maximum Gasteiger partial charge on any atom is 0.407 e. The molecule has 0 aromatic rings. The first-order chi connectivity index (χ1) is 11.6. The first-order valence-corrected chi connectivity index (χ1v) is 9.30. The molecule has 1 aliphatic heterocycles. The van der Waals surface area contributed by atoms with E-state index in [1.54, 1.807) is 7.05 Å². The van der Waals surface area contributed by atoms with Gasteiger partial charge in [0.25, 0.3) is 0 Å². The standard InChI is InChI=1S/C18H37N5O2.HI/c1-13(2)23-11-14(3)15(12-23)22-16(19-7)20-9-8-10-21-17(24)25-18(4,5)6;/h13-15H,8-12H2,1-7H3,(H,21,24)(H2,19,20,22);1H. The molecule has 2 atom stereocenters. The monoisotopic (exact) mass is 483 g/mol. The molecule has 0 bridgehead atoms. The predicted octanol–water partition coefficient (Wildman–Crippen LogP) is 2.41. The third-order valence-corrected chi connectivity index (χ3v) is 4.23. The average molecular weight is 483 g/mol. The fourth-order valence-corrected chi connectivity index (χ4v) is 2.78. The number of rotatable bonds is 6. The molecule has 1 heterocycles. The zero-order chi connectivity index (χ0) is 19.0. The van der Waals surface area contributed by atoms with E-state index in [4.69, 9.17) is 4.74 Å². The summed E-state index contributed by atoms with van der Waals surface area (Å²) in [6, 6.07) is 0.983. The number of aliphatic imine (C=N–C) groups is 1. The number of carbonyl (C=O) groups is 1. The lowest BCUT2D eigenvalue weighted by molar-refractivity contribution is 0.0527. The van der Waals surface area contributed by atoms with Crippen LogP contribution in [0.5, 0.6) is 0 Å². The van der Waals surface area contributed by atoms with Crippen LogP contribution in [0.3, 0.4) is 0 Å². The number of amides is 1. The fraction of sp³-hybridized carbons (Fsp3) is 0.889. The van der Waals surface area contributed by atoms with Gasteiger partial charge in [-0.2, -0.15) is 0 Å². The second-order valence-electron chi connectivity index (χ2n) is 8.06. The molecule has 154 valence electrons. The van der Waals surface area contributed by atoms with Crippen molar-refractivity contribution < 1.29 is 9.53 Å². The highest BCUT2D eigenvalue weighted by Gasteiger charge is 2.31. The Bertz CT molecular complexity index is 451. The molecule has 0 aromatic heterocycles. The van der Waals surface area contributed by atoms with Crippen molar-refractivity contribution in [2.24, 2.45) is 10.9 Å². The third kappa shape index (κ3) is 9.80. The van der Waals surface area contributed by atoms with Crippen molar-refractivity contribution in [1.29, 1.82) is 0 Å². The van der Waals surface area contributed by atoms with Gasteiger partial charge in [-0.3, -0.25) is 9.89 Å². The fourth-order valence-electron chi connectivity index (χ4n) is 2.78. The molecule has 0 spiro atoms. The van der Waals surface area contributed by atoms with E-state index in [1.807, 2.05) is 20.8 Å². The van der Waals surface area contributed by atoms with Crippen molar-refractivity contribution in [2.45, 2.75) is 65.6 Å². The molecule has 0 aromatic carbocycles. The molecule has 1 fully saturated rings. The number of likely N-dealkylation sites (tertiary alicyclic amines) is 1. The van der Waals surface area contributed by atoms with Gasteiger partial charge in [0.2, 0.25) is 0 Å². The summed E-state index contributed by atoms with van der Waals surface area (Å²) in [7, 11) is 1.79. The molecule has 8 heteroatoms. The van der Waals surface area contributed by atoms with Crippen LogP contribution >= 0.6 is 24.0 Å². The van der Waals surface area contributed by atoms with Crippen LogP contribution in [0.1, 0.15) is 48.0 Å². The van der Waals surface area contributed by atoms with Gasteiger partial charge in [-0.05, 0) is 47.0 Å². The van der Waals surface area contributed by atoms with Crippen molar-refractivity contribution in [3.05, 3.63) is 0 Å². The molecular weight excluding hydrogens is 445 g/mol. The van der Waals surface area contributed by atoms with Crippen molar-refractivity contribution in [3.8, 4) is 0 Å². The second-order valence-corrected chi connectivity index (χ2v) is 8.06. The predicted molar refractivity (Wildman–Crippen MR) is 118 cm³/mol. The molecule has 0 saturated carbocycles. The van der Waals surface area contributed by atoms with Crippen LogP contribution in [0.4, 0.5) is 4.79 Å². The normalized spacial score (nSPS) is 21.3. The lowest BCUT2D eigenvalue weighted by Gasteiger charge is -2.22. The van der Waals surface area contributed by atoms with Crippen molar-refractivity contribution in [3.63, 3.8) is 0 Å². The summed E-state index contributed by atoms with van der Waals surface area (Å²) in [6.45, 7) is 15.8. The molecule has 1 rings (SSSR count). The van der Waals surface area contributed by atoms with Gasteiger partial charge in [0.05, 0.1) is 0 Å². The van der Waals surface area contributed by atoms with Crippen LogP contribution in [0.2, 0.25) is 0 Å². The van der Waals surface area contributed by atoms with Crippen LogP contribution in [-0.2, 0) is 4.74 Å². The van der Waals surface area contributed by atoms with E-state index in [9.17, 15) is 4.79 Å². The van der Waals surface area contributed by atoms with Gasteiger partial charge in [0.1, 0.15) is 5.60 Å². The zero-order valence-electron chi connectivity index (χ0n) is 17.4. The third-order valence-electron chi connectivity index (χ3n) is 4.23. The highest BCUT2D eigenvalue weighted by atomic mass is 127. The highest BCUT2D eigenvalue weighted by molar-refractivity contribution is 14.0. The summed E-state index contributed by atoms with van der Waals surface area (Å²) < 4.78 is 5.21. The molecule has 1 saturated heterocycles. The van der Waals surface area contributed by atoms with Crippen LogP contribution in [0.15, 0.2) is 4.99 Å². The number of hydrogen-bond donors (Lipinski definition) is 3. The number of carbonyl (C=O) groups excluding carboxylic acids is 1. The molecule has 0 aliphatic carbocycles. The Morgan fingerprint density at radius 2 is 1.85 bits per heavy atom. The quantitative estimate of drug-likeness (QED) is 0.234. The number of nitrogens with zero attached hydrogens (tertiary/aromatic N) is 2. The molecule has 1 amide bonds. The Morgan fingerprint density at radius 1 is 1.23 bits per heavy atom. The van der Waals surface area contributed by atoms with Gasteiger partial charge in [-0.15, -0.1) is 24.0 Å². The number of guanidine groups is 1. The van der Waals surface area contributed by atoms with E-state index in [0.29, 0.717) is 24.5 Å². The van der Waals surface area contributed by atoms with Gasteiger partial charge in [0.15, 0.2) is 5.96 Å². The van der Waals surface area contributed by atoms with E-state index in [-0.39, 0.29) is 30.1 Å². The zero-order valence-corrected chi connectivity index (χ0v) is 19.7. The number of alkyl carbamates (subject to hydrolysis) is 1. The first kappa shape index (κ1) is 25.2. The average Bonchev–Trinajstić information content (AvgIpc) is 2.85. The Morgan fingerprint density at radius 3 is 2.35 bits per heavy atom. The molecule has 7 nitrogen and oxygen atoms in total. The number of halogens is 1. The Labute approximate surface area is 176 Å². The summed E-state index contributed by atoms with van der Waals surface area (Å²) in [6.07, 6.45) is 0.432. The van der Waals surface area contributed by atoms with Crippen LogP contribution in [-0.4, -0.2) is 67.9 Å². The second kappa shape index (κ2) is 11.8. The number of nitrogens with one attached hydrogen (secondary N) is 3. The van der Waals surface area contributed by atoms with E-state index in [1.165, 1.54) is 0 Å². The summed E-state index contributed by atoms with van der Waals surface area (Å²) in [4.78, 5) is 18.4. The number of hydrogen-bond acceptors (Lipinski definition) is 4. The van der Waals surface area contributed by atoms with E-state index in [0.717, 1.165) is 32.0 Å². The van der Waals surface area contributed by atoms with Gasteiger partial charge in [0, 0.05) is 45.3 Å². The van der Waals surface area contributed by atoms with Crippen molar-refractivity contribution in [1.82, 2.24) is 20.9 Å². The minimum atomic E-state index is -0.462. The van der Waals surface area contributed by atoms with Gasteiger partial charge >= 0.3 is 6.09 Å². The van der Waals surface area contributed by atoms with Crippen molar-refractivity contribution >= 4 is 36.0 Å². The van der Waals surface area contributed by atoms with Crippen LogP contribution in [0.25, 0.3) is 0 Å². The smallest absolute Gasteiger partial charge is 0.407 e. The van der Waals surface area contributed by atoms with Crippen LogP contribution < -0.4 is 16.0 Å². The van der Waals surface area contributed by atoms with E-state index >= 15 is 0 Å². The Balaban J connectivity index is 0.00000625. The topological polar surface area (TPSA) is 78.0 Å². The molecule has 3 N–H and O–H groups in total. The molecule has 26 heavy (non-hydrogen) atoms. The highest BCUT2D eigenvalue weighted by Crippen LogP contribution is 2.18. The number of ether oxygens (including phenoxy) is 1. The molecule has 1 aliphatic rings. The van der Waals surface area contributed by atoms with E-state index in [2.05, 4.69) is 46.6 Å². The molecular formula is C18H38IN5O2.